The van der Waals surface area contributed by atoms with Gasteiger partial charge in [0.1, 0.15) is 19.3 Å². The number of carbonyl (C=O) groups is 2. The van der Waals surface area contributed by atoms with Gasteiger partial charge in [-0.1, -0.05) is 235 Å². The lowest BCUT2D eigenvalue weighted by Crippen LogP contribution is -2.47. The monoisotopic (exact) mass is 1020 g/mol. The summed E-state index contributed by atoms with van der Waals surface area (Å²) in [7, 11) is 1.48. The second kappa shape index (κ2) is 51.0. The molecule has 0 bridgehead atoms. The Hall–Kier alpha value is -2.55. The molecule has 0 aliphatic rings. The summed E-state index contributed by atoms with van der Waals surface area (Å²) in [6.45, 7) is 6.87. The fourth-order valence-electron chi connectivity index (χ4n) is 8.14. The number of esters is 1. The molecule has 0 aromatic rings. The van der Waals surface area contributed by atoms with Gasteiger partial charge < -0.3 is 19.4 Å². The van der Waals surface area contributed by atoms with Gasteiger partial charge in [0.15, 0.2) is 0 Å². The molecule has 2 N–H and O–H groups in total. The average molecular weight is 1020 g/mol. The Balaban J connectivity index is 5.19. The van der Waals surface area contributed by atoms with E-state index >= 15 is 0 Å². The second-order valence-electron chi connectivity index (χ2n) is 20.8. The topological polar surface area (TPSA) is 111 Å². The molecule has 0 aromatic heterocycles. The minimum Gasteiger partial charge on any atom is -0.456 e. The normalized spacial score (nSPS) is 14.3. The van der Waals surface area contributed by atoms with Crippen molar-refractivity contribution in [2.75, 3.05) is 40.9 Å². The molecule has 0 saturated heterocycles. The van der Waals surface area contributed by atoms with Crippen LogP contribution in [0.5, 0.6) is 0 Å². The van der Waals surface area contributed by atoms with Crippen LogP contribution in [0, 0.1) is 0 Å². The van der Waals surface area contributed by atoms with Crippen LogP contribution in [-0.4, -0.2) is 74.3 Å². The third kappa shape index (κ3) is 52.1. The maximum absolute atomic E-state index is 13.5. The van der Waals surface area contributed by atoms with Crippen molar-refractivity contribution in [1.29, 1.82) is 0 Å². The Morgan fingerprint density at radius 1 is 0.507 bits per heavy atom. The number of hydrogen-bond acceptors (Lipinski definition) is 6. The van der Waals surface area contributed by atoms with E-state index in [0.29, 0.717) is 17.4 Å². The van der Waals surface area contributed by atoms with Crippen LogP contribution in [0.4, 0.5) is 0 Å². The largest absolute Gasteiger partial charge is 0.472 e. The van der Waals surface area contributed by atoms with Gasteiger partial charge in [-0.05, 0) is 76.7 Å². The number of likely N-dealkylation sites (N-methyl/N-ethyl adjacent to an activating group) is 1. The first-order valence-corrected chi connectivity index (χ1v) is 30.8. The van der Waals surface area contributed by atoms with Gasteiger partial charge in [-0.15, -0.1) is 0 Å². The Morgan fingerprint density at radius 3 is 1.35 bits per heavy atom. The highest BCUT2D eigenvalue weighted by atomic mass is 31.2. The van der Waals surface area contributed by atoms with E-state index in [-0.39, 0.29) is 31.5 Å². The lowest BCUT2D eigenvalue weighted by molar-refractivity contribution is -0.870. The van der Waals surface area contributed by atoms with Gasteiger partial charge >= 0.3 is 13.8 Å². The van der Waals surface area contributed by atoms with Crippen LogP contribution in [0.2, 0.25) is 0 Å². The summed E-state index contributed by atoms with van der Waals surface area (Å²) in [4.78, 5) is 37.5. The molecule has 0 aliphatic carbocycles. The van der Waals surface area contributed by atoms with E-state index in [1.807, 2.05) is 33.3 Å². The fraction of sp³-hybridized carbons (Fsp3) is 0.770. The molecule has 0 spiro atoms. The summed E-state index contributed by atoms with van der Waals surface area (Å²) in [5.41, 5.74) is 0. The number of hydrogen-bond donors (Lipinski definition) is 2. The van der Waals surface area contributed by atoms with Crippen molar-refractivity contribution in [3.63, 3.8) is 0 Å². The molecule has 412 valence electrons. The molecule has 10 heteroatoms. The predicted molar refractivity (Wildman–Crippen MR) is 305 cm³/mol. The van der Waals surface area contributed by atoms with Crippen LogP contribution < -0.4 is 5.32 Å². The second-order valence-corrected chi connectivity index (χ2v) is 22.2. The fourth-order valence-corrected chi connectivity index (χ4v) is 8.88. The van der Waals surface area contributed by atoms with Crippen molar-refractivity contribution >= 4 is 19.7 Å². The lowest BCUT2D eigenvalue weighted by atomic mass is 10.0. The summed E-state index contributed by atoms with van der Waals surface area (Å²) in [5, 5.41) is 3.04. The van der Waals surface area contributed by atoms with Crippen molar-refractivity contribution in [2.45, 2.75) is 264 Å². The Morgan fingerprint density at radius 2 is 0.901 bits per heavy atom. The van der Waals surface area contributed by atoms with Crippen LogP contribution in [0.1, 0.15) is 252 Å². The number of ether oxygens (including phenoxy) is 1. The molecule has 3 unspecified atom stereocenters. The molecular formula is C61H112N2O7P+. The number of quaternary nitrogens is 1. The summed E-state index contributed by atoms with van der Waals surface area (Å²) < 4.78 is 30.6. The van der Waals surface area contributed by atoms with Crippen LogP contribution in [0.25, 0.3) is 0 Å². The third-order valence-corrected chi connectivity index (χ3v) is 13.6. The molecule has 71 heavy (non-hydrogen) atoms. The van der Waals surface area contributed by atoms with E-state index in [1.165, 1.54) is 116 Å². The van der Waals surface area contributed by atoms with E-state index < -0.39 is 20.0 Å². The Labute approximate surface area is 438 Å². The first-order valence-electron chi connectivity index (χ1n) is 29.3. The summed E-state index contributed by atoms with van der Waals surface area (Å²) in [6.07, 6.45) is 64.7. The Bertz CT molecular complexity index is 1450. The molecule has 3 atom stereocenters. The summed E-state index contributed by atoms with van der Waals surface area (Å²) >= 11 is 0. The van der Waals surface area contributed by atoms with E-state index in [0.717, 1.165) is 103 Å². The number of carbonyl (C=O) groups excluding carboxylic acids is 2. The molecule has 0 aliphatic heterocycles. The smallest absolute Gasteiger partial charge is 0.456 e. The minimum atomic E-state index is -4.45. The SMILES string of the molecule is CC/C=C\C/C=C\C/C=C\C/C=C\C/C=C\CCCCCCCCCC(=O)NC(COP(=O)(O)OCC[N+](C)(C)C)C(/C=C\CCCCCCCCCCC)OC(=O)CCCCCCCCCCCCC. The predicted octanol–water partition coefficient (Wildman–Crippen LogP) is 17.7. The zero-order chi connectivity index (χ0) is 52.2. The molecule has 0 aromatic carbocycles. The molecular weight excluding hydrogens is 904 g/mol. The zero-order valence-corrected chi connectivity index (χ0v) is 47.8. The number of allylic oxidation sites excluding steroid dienone is 11. The first kappa shape index (κ1) is 68.5. The van der Waals surface area contributed by atoms with Crippen molar-refractivity contribution in [3.05, 3.63) is 72.9 Å². The van der Waals surface area contributed by atoms with Gasteiger partial charge in [-0.3, -0.25) is 18.6 Å². The van der Waals surface area contributed by atoms with Crippen molar-refractivity contribution in [1.82, 2.24) is 5.32 Å². The van der Waals surface area contributed by atoms with Crippen LogP contribution in [0.15, 0.2) is 72.9 Å². The molecule has 0 radical (unpaired) electrons. The highest BCUT2D eigenvalue weighted by Gasteiger charge is 2.30. The van der Waals surface area contributed by atoms with Gasteiger partial charge in [-0.25, -0.2) is 4.57 Å². The standard InChI is InChI=1S/C61H111N2O7P/c1-7-10-13-16-19-22-25-26-27-28-29-30-31-32-33-34-35-36-39-41-44-47-50-53-60(64)62-58(57-69-71(66,67)68-56-55-63(4,5)6)59(52-49-46-43-40-37-23-20-17-14-11-8-2)70-61(65)54-51-48-45-42-38-24-21-18-15-12-9-3/h10,13,19,22,26-27,29-30,32-33,49,52,58-59H,7-9,11-12,14-18,20-21,23-25,28,31,34-48,50-51,53-57H2,1-6H3,(H-,62,64,66,67)/p+1/b13-10-,22-19-,27-26-,30-29-,33-32-,52-49-. The number of phosphoric ester groups is 1. The molecule has 0 saturated carbocycles. The minimum absolute atomic E-state index is 0.0363. The van der Waals surface area contributed by atoms with Gasteiger partial charge in [0.05, 0.1) is 33.8 Å². The quantitative estimate of drug-likeness (QED) is 0.0205. The maximum atomic E-state index is 13.5. The van der Waals surface area contributed by atoms with E-state index in [1.54, 1.807) is 0 Å². The van der Waals surface area contributed by atoms with Gasteiger partial charge in [0.25, 0.3) is 0 Å². The summed E-state index contributed by atoms with van der Waals surface area (Å²) in [5.74, 6) is -0.518. The van der Waals surface area contributed by atoms with Crippen molar-refractivity contribution < 1.29 is 37.3 Å². The molecule has 9 nitrogen and oxygen atoms in total. The van der Waals surface area contributed by atoms with Crippen molar-refractivity contribution in [2.24, 2.45) is 0 Å². The third-order valence-electron chi connectivity index (χ3n) is 12.7. The number of nitrogens with one attached hydrogen (secondary N) is 1. The van der Waals surface area contributed by atoms with Crippen molar-refractivity contribution in [3.8, 4) is 0 Å². The van der Waals surface area contributed by atoms with Gasteiger partial charge in [-0.2, -0.15) is 0 Å². The van der Waals surface area contributed by atoms with Gasteiger partial charge in [0.2, 0.25) is 5.91 Å². The van der Waals surface area contributed by atoms with E-state index in [9.17, 15) is 19.0 Å². The zero-order valence-electron chi connectivity index (χ0n) is 47.0. The number of phosphoric acid groups is 1. The molecule has 0 heterocycles. The van der Waals surface area contributed by atoms with E-state index in [4.69, 9.17) is 13.8 Å². The lowest BCUT2D eigenvalue weighted by Gasteiger charge is -2.27. The molecule has 0 fully saturated rings. The van der Waals surface area contributed by atoms with Crippen LogP contribution in [-0.2, 0) is 27.9 Å². The molecule has 0 rings (SSSR count). The van der Waals surface area contributed by atoms with Crippen LogP contribution >= 0.6 is 7.82 Å². The number of rotatable bonds is 52. The first-order chi connectivity index (χ1) is 34.4. The number of nitrogens with zero attached hydrogens (tertiary/aromatic N) is 1. The summed E-state index contributed by atoms with van der Waals surface area (Å²) in [6, 6.07) is -0.853. The highest BCUT2D eigenvalue weighted by Crippen LogP contribution is 2.43. The maximum Gasteiger partial charge on any atom is 0.472 e. The van der Waals surface area contributed by atoms with Gasteiger partial charge in [0, 0.05) is 12.8 Å². The Kier molecular flexibility index (Phi) is 49.1. The van der Waals surface area contributed by atoms with Crippen LogP contribution in [0.3, 0.4) is 0 Å². The molecule has 1 amide bonds. The number of unbranched alkanes of at least 4 members (excludes halogenated alkanes) is 26. The number of amides is 1. The highest BCUT2D eigenvalue weighted by molar-refractivity contribution is 7.47. The average Bonchev–Trinajstić information content (AvgIpc) is 3.33. The van der Waals surface area contributed by atoms with E-state index in [2.05, 4.69) is 86.8 Å².